The maximum Gasteiger partial charge on any atom is 0.294 e. The molecule has 0 atom stereocenters. The van der Waals surface area contributed by atoms with Gasteiger partial charge in [-0.05, 0) is 23.8 Å². The molecule has 22 heavy (non-hydrogen) atoms. The van der Waals surface area contributed by atoms with Crippen LogP contribution < -0.4 is 5.32 Å². The van der Waals surface area contributed by atoms with Crippen molar-refractivity contribution in [2.45, 2.75) is 6.42 Å². The lowest BCUT2D eigenvalue weighted by Crippen LogP contribution is -2.29. The second-order valence-corrected chi connectivity index (χ2v) is 4.81. The molecular formula is C13H12Cl2N2O5. The standard InChI is InChI=1S/C13H12Cl2N2O5/c14-11-3-1-2-9(13(11)15)4-5-10(18)8-12(19)16-6-7-22-17(20)21/h1-5H,6-8H2,(H,16,19). The number of benzene rings is 1. The Bertz CT molecular complexity index is 604. The summed E-state index contributed by atoms with van der Waals surface area (Å²) in [5, 5.41) is 11.9. The van der Waals surface area contributed by atoms with Crippen molar-refractivity contribution in [3.8, 4) is 0 Å². The number of hydrogen-bond donors (Lipinski definition) is 1. The van der Waals surface area contributed by atoms with Crippen LogP contribution in [0.1, 0.15) is 12.0 Å². The molecule has 118 valence electrons. The summed E-state index contributed by atoms with van der Waals surface area (Å²) in [7, 11) is 0. The number of halogens is 2. The Hall–Kier alpha value is -2.12. The Kier molecular flexibility index (Phi) is 7.34. The third kappa shape index (κ3) is 6.55. The summed E-state index contributed by atoms with van der Waals surface area (Å²) in [6, 6.07) is 4.97. The van der Waals surface area contributed by atoms with Gasteiger partial charge in [0.1, 0.15) is 6.61 Å². The third-order valence-corrected chi connectivity index (χ3v) is 3.22. The highest BCUT2D eigenvalue weighted by Crippen LogP contribution is 2.26. The molecule has 0 aliphatic rings. The van der Waals surface area contributed by atoms with Gasteiger partial charge in [0, 0.05) is 6.54 Å². The van der Waals surface area contributed by atoms with E-state index in [0.29, 0.717) is 15.6 Å². The first-order chi connectivity index (χ1) is 10.4. The number of amides is 1. The predicted octanol–water partition coefficient (Wildman–Crippen LogP) is 2.29. The largest absolute Gasteiger partial charge is 0.354 e. The quantitative estimate of drug-likeness (QED) is 0.256. The van der Waals surface area contributed by atoms with Crippen LogP contribution in [0.3, 0.4) is 0 Å². The van der Waals surface area contributed by atoms with E-state index in [9.17, 15) is 19.7 Å². The molecule has 0 heterocycles. The van der Waals surface area contributed by atoms with Crippen molar-refractivity contribution >= 4 is 41.0 Å². The molecule has 0 saturated carbocycles. The number of carbonyl (C=O) groups is 2. The van der Waals surface area contributed by atoms with Gasteiger partial charge in [0.2, 0.25) is 5.91 Å². The minimum atomic E-state index is -0.964. The maximum absolute atomic E-state index is 11.6. The second kappa shape index (κ2) is 9.01. The van der Waals surface area contributed by atoms with Gasteiger partial charge in [0.15, 0.2) is 5.78 Å². The van der Waals surface area contributed by atoms with Gasteiger partial charge in [-0.1, -0.05) is 35.3 Å². The van der Waals surface area contributed by atoms with Crippen molar-refractivity contribution < 1.29 is 19.5 Å². The van der Waals surface area contributed by atoms with Gasteiger partial charge in [-0.3, -0.25) is 9.59 Å². The van der Waals surface area contributed by atoms with E-state index in [0.717, 1.165) is 0 Å². The van der Waals surface area contributed by atoms with Gasteiger partial charge in [-0.2, -0.15) is 0 Å². The summed E-state index contributed by atoms with van der Waals surface area (Å²) < 4.78 is 0. The first-order valence-electron chi connectivity index (χ1n) is 6.09. The fourth-order valence-corrected chi connectivity index (χ4v) is 1.79. The van der Waals surface area contributed by atoms with Gasteiger partial charge < -0.3 is 10.2 Å². The van der Waals surface area contributed by atoms with Crippen molar-refractivity contribution in [1.29, 1.82) is 0 Å². The molecule has 1 aromatic carbocycles. The number of nitrogens with zero attached hydrogens (tertiary/aromatic N) is 1. The molecule has 0 aliphatic heterocycles. The molecule has 7 nitrogen and oxygen atoms in total. The van der Waals surface area contributed by atoms with E-state index < -0.39 is 16.8 Å². The van der Waals surface area contributed by atoms with E-state index >= 15 is 0 Å². The van der Waals surface area contributed by atoms with Crippen LogP contribution in [0.5, 0.6) is 0 Å². The second-order valence-electron chi connectivity index (χ2n) is 4.03. The molecule has 1 aromatic rings. The fraction of sp³-hybridized carbons (Fsp3) is 0.231. The van der Waals surface area contributed by atoms with Crippen molar-refractivity contribution in [3.05, 3.63) is 50.0 Å². The molecule has 1 amide bonds. The lowest BCUT2D eigenvalue weighted by atomic mass is 10.1. The molecule has 1 N–H and O–H groups in total. The Labute approximate surface area is 135 Å². The van der Waals surface area contributed by atoms with E-state index in [2.05, 4.69) is 10.2 Å². The minimum absolute atomic E-state index is 0.0586. The van der Waals surface area contributed by atoms with E-state index in [1.807, 2.05) is 0 Å². The average molecular weight is 347 g/mol. The number of rotatable bonds is 8. The number of allylic oxidation sites excluding steroid dienone is 1. The molecular weight excluding hydrogens is 335 g/mol. The summed E-state index contributed by atoms with van der Waals surface area (Å²) in [6.07, 6.45) is 2.29. The van der Waals surface area contributed by atoms with Crippen molar-refractivity contribution in [2.24, 2.45) is 0 Å². The van der Waals surface area contributed by atoms with Crippen LogP contribution in [-0.2, 0) is 14.4 Å². The summed E-state index contributed by atoms with van der Waals surface area (Å²) in [4.78, 5) is 36.9. The number of hydrogen-bond acceptors (Lipinski definition) is 5. The highest BCUT2D eigenvalue weighted by atomic mass is 35.5. The SMILES string of the molecule is O=C(C=Cc1cccc(Cl)c1Cl)CC(=O)NCCO[N+](=O)[O-]. The van der Waals surface area contributed by atoms with Crippen LogP contribution in [0.2, 0.25) is 10.0 Å². The van der Waals surface area contributed by atoms with E-state index in [1.165, 1.54) is 12.2 Å². The summed E-state index contributed by atoms with van der Waals surface area (Å²) in [5.74, 6) is -0.998. The molecule has 0 bridgehead atoms. The molecule has 0 aliphatic carbocycles. The predicted molar refractivity (Wildman–Crippen MR) is 81.1 cm³/mol. The van der Waals surface area contributed by atoms with Crippen molar-refractivity contribution in [3.63, 3.8) is 0 Å². The Morgan fingerprint density at radius 3 is 2.77 bits per heavy atom. The summed E-state index contributed by atoms with van der Waals surface area (Å²) >= 11 is 11.8. The molecule has 0 spiro atoms. The molecule has 0 radical (unpaired) electrons. The van der Waals surface area contributed by atoms with Crippen LogP contribution in [0.25, 0.3) is 6.08 Å². The topological polar surface area (TPSA) is 98.5 Å². The number of ketones is 1. The Morgan fingerprint density at radius 2 is 2.09 bits per heavy atom. The molecule has 1 rings (SSSR count). The lowest BCUT2D eigenvalue weighted by Gasteiger charge is -2.02. The minimum Gasteiger partial charge on any atom is -0.354 e. The summed E-state index contributed by atoms with van der Waals surface area (Å²) in [5.41, 5.74) is 0.558. The third-order valence-electron chi connectivity index (χ3n) is 2.39. The smallest absolute Gasteiger partial charge is 0.294 e. The zero-order valence-corrected chi connectivity index (χ0v) is 12.8. The molecule has 0 aromatic heterocycles. The van der Waals surface area contributed by atoms with Crippen molar-refractivity contribution in [2.75, 3.05) is 13.2 Å². The van der Waals surface area contributed by atoms with Gasteiger partial charge in [-0.25, -0.2) is 0 Å². The van der Waals surface area contributed by atoms with E-state index in [1.54, 1.807) is 18.2 Å². The molecule has 9 heteroatoms. The highest BCUT2D eigenvalue weighted by molar-refractivity contribution is 6.42. The normalized spacial score (nSPS) is 10.5. The molecule has 0 saturated heterocycles. The number of nitrogens with one attached hydrogen (secondary N) is 1. The summed E-state index contributed by atoms with van der Waals surface area (Å²) in [6.45, 7) is -0.335. The first-order valence-corrected chi connectivity index (χ1v) is 6.84. The van der Waals surface area contributed by atoms with Gasteiger partial charge in [0.05, 0.1) is 16.5 Å². The fourth-order valence-electron chi connectivity index (χ4n) is 1.42. The Morgan fingerprint density at radius 1 is 1.36 bits per heavy atom. The maximum atomic E-state index is 11.6. The van der Waals surface area contributed by atoms with E-state index in [-0.39, 0.29) is 19.6 Å². The van der Waals surface area contributed by atoms with Crippen molar-refractivity contribution in [1.82, 2.24) is 5.32 Å². The van der Waals surface area contributed by atoms with Crippen LogP contribution in [0.15, 0.2) is 24.3 Å². The zero-order valence-electron chi connectivity index (χ0n) is 11.3. The Balaban J connectivity index is 2.42. The molecule has 0 fully saturated rings. The number of carbonyl (C=O) groups excluding carboxylic acids is 2. The van der Waals surface area contributed by atoms with Crippen LogP contribution >= 0.6 is 23.2 Å². The molecule has 0 unspecified atom stereocenters. The first kappa shape index (κ1) is 17.9. The van der Waals surface area contributed by atoms with E-state index in [4.69, 9.17) is 23.2 Å². The monoisotopic (exact) mass is 346 g/mol. The lowest BCUT2D eigenvalue weighted by molar-refractivity contribution is -0.757. The van der Waals surface area contributed by atoms with Gasteiger partial charge in [0.25, 0.3) is 5.09 Å². The van der Waals surface area contributed by atoms with Crippen LogP contribution in [0, 0.1) is 10.1 Å². The zero-order chi connectivity index (χ0) is 16.5. The van der Waals surface area contributed by atoms with Crippen LogP contribution in [0.4, 0.5) is 0 Å². The van der Waals surface area contributed by atoms with Gasteiger partial charge >= 0.3 is 0 Å². The highest BCUT2D eigenvalue weighted by Gasteiger charge is 2.07. The van der Waals surface area contributed by atoms with Crippen LogP contribution in [-0.4, -0.2) is 29.9 Å². The van der Waals surface area contributed by atoms with Gasteiger partial charge in [-0.15, -0.1) is 10.1 Å². The average Bonchev–Trinajstić information content (AvgIpc) is 2.45.